The van der Waals surface area contributed by atoms with E-state index in [9.17, 15) is 21.9 Å². The SMILES string of the molecule is COC(=O)c1sc(N2CC(S(=O)(=O)F)CC2=O)nc1C. The number of carbonyl (C=O) groups excluding carboxylic acids is 2. The molecule has 1 aromatic heterocycles. The second-order valence-corrected chi connectivity index (χ2v) is 6.80. The first-order valence-electron chi connectivity index (χ1n) is 5.53. The van der Waals surface area contributed by atoms with Crippen LogP contribution in [0.1, 0.15) is 21.8 Å². The van der Waals surface area contributed by atoms with Crippen LogP contribution in [0.3, 0.4) is 0 Å². The molecule has 1 aromatic rings. The van der Waals surface area contributed by atoms with Gasteiger partial charge < -0.3 is 4.74 Å². The molecule has 20 heavy (non-hydrogen) atoms. The summed E-state index contributed by atoms with van der Waals surface area (Å²) < 4.78 is 39.2. The van der Waals surface area contributed by atoms with Gasteiger partial charge in [-0.25, -0.2) is 9.78 Å². The zero-order chi connectivity index (χ0) is 15.1. The molecule has 1 unspecified atom stereocenters. The van der Waals surface area contributed by atoms with Gasteiger partial charge in [-0.05, 0) is 6.92 Å². The van der Waals surface area contributed by atoms with Gasteiger partial charge >= 0.3 is 16.2 Å². The van der Waals surface area contributed by atoms with Crippen molar-refractivity contribution in [2.75, 3.05) is 18.6 Å². The van der Waals surface area contributed by atoms with Crippen LogP contribution in [0.25, 0.3) is 0 Å². The van der Waals surface area contributed by atoms with Crippen molar-refractivity contribution in [2.24, 2.45) is 0 Å². The van der Waals surface area contributed by atoms with Crippen LogP contribution in [0.5, 0.6) is 0 Å². The van der Waals surface area contributed by atoms with E-state index >= 15 is 0 Å². The predicted octanol–water partition coefficient (Wildman–Crippen LogP) is 0.643. The van der Waals surface area contributed by atoms with Crippen molar-refractivity contribution < 1.29 is 26.6 Å². The van der Waals surface area contributed by atoms with E-state index in [0.29, 0.717) is 5.69 Å². The number of methoxy groups -OCH3 is 1. The van der Waals surface area contributed by atoms with Gasteiger partial charge in [-0.1, -0.05) is 11.3 Å². The molecule has 1 saturated heterocycles. The predicted molar refractivity (Wildman–Crippen MR) is 69.0 cm³/mol. The first-order chi connectivity index (χ1) is 9.24. The molecule has 0 bridgehead atoms. The van der Waals surface area contributed by atoms with Crippen molar-refractivity contribution in [1.29, 1.82) is 0 Å². The Morgan fingerprint density at radius 3 is 2.70 bits per heavy atom. The van der Waals surface area contributed by atoms with E-state index in [2.05, 4.69) is 9.72 Å². The molecule has 1 amide bonds. The molecule has 10 heteroatoms. The van der Waals surface area contributed by atoms with Gasteiger partial charge in [0.25, 0.3) is 0 Å². The quantitative estimate of drug-likeness (QED) is 0.599. The molecule has 0 aromatic carbocycles. The second kappa shape index (κ2) is 5.09. The molecule has 0 spiro atoms. The highest BCUT2D eigenvalue weighted by molar-refractivity contribution is 7.87. The summed E-state index contributed by atoms with van der Waals surface area (Å²) in [5.74, 6) is -1.13. The molecule has 1 atom stereocenters. The highest BCUT2D eigenvalue weighted by atomic mass is 32.3. The molecule has 0 N–H and O–H groups in total. The third kappa shape index (κ3) is 2.66. The Kier molecular flexibility index (Phi) is 3.78. The fourth-order valence-corrected chi connectivity index (χ4v) is 3.51. The van der Waals surface area contributed by atoms with Crippen LogP contribution in [0, 0.1) is 6.92 Å². The molecule has 1 fully saturated rings. The minimum Gasteiger partial charge on any atom is -0.465 e. The minimum atomic E-state index is -4.78. The van der Waals surface area contributed by atoms with Crippen molar-refractivity contribution in [1.82, 2.24) is 4.98 Å². The number of anilines is 1. The molecular formula is C10H11FN2O5S2. The van der Waals surface area contributed by atoms with E-state index in [4.69, 9.17) is 0 Å². The van der Waals surface area contributed by atoms with Gasteiger partial charge in [-0.15, -0.1) is 3.89 Å². The number of nitrogens with zero attached hydrogens (tertiary/aromatic N) is 2. The minimum absolute atomic E-state index is 0.166. The van der Waals surface area contributed by atoms with Crippen LogP contribution in [0.4, 0.5) is 9.02 Å². The fourth-order valence-electron chi connectivity index (χ4n) is 1.83. The zero-order valence-electron chi connectivity index (χ0n) is 10.6. The maximum Gasteiger partial charge on any atom is 0.350 e. The fraction of sp³-hybridized carbons (Fsp3) is 0.500. The average molecular weight is 322 g/mol. The maximum absolute atomic E-state index is 12.9. The van der Waals surface area contributed by atoms with E-state index in [-0.39, 0.29) is 16.6 Å². The lowest BCUT2D eigenvalue weighted by Crippen LogP contribution is -2.26. The summed E-state index contributed by atoms with van der Waals surface area (Å²) in [6.45, 7) is 1.27. The standard InChI is InChI=1S/C10H11FN2O5S2/c1-5-8(9(15)18-2)19-10(12-5)13-4-6(3-7(13)14)20(11,16)17/h6H,3-4H2,1-2H3. The normalized spacial score (nSPS) is 19.4. The van der Waals surface area contributed by atoms with Gasteiger partial charge in [0.1, 0.15) is 10.1 Å². The van der Waals surface area contributed by atoms with Crippen LogP contribution in [-0.2, 0) is 19.8 Å². The largest absolute Gasteiger partial charge is 0.465 e. The van der Waals surface area contributed by atoms with Crippen molar-refractivity contribution in [3.63, 3.8) is 0 Å². The summed E-state index contributed by atoms with van der Waals surface area (Å²) >= 11 is 0.908. The molecule has 1 aliphatic rings. The van der Waals surface area contributed by atoms with Crippen molar-refractivity contribution in [3.05, 3.63) is 10.6 Å². The van der Waals surface area contributed by atoms with Crippen LogP contribution < -0.4 is 4.90 Å². The highest BCUT2D eigenvalue weighted by Crippen LogP contribution is 2.31. The van der Waals surface area contributed by atoms with Gasteiger partial charge in [0.15, 0.2) is 5.13 Å². The number of halogens is 1. The Morgan fingerprint density at radius 1 is 1.55 bits per heavy atom. The average Bonchev–Trinajstić information content (AvgIpc) is 2.91. The van der Waals surface area contributed by atoms with Crippen LogP contribution in [0.2, 0.25) is 0 Å². The Hall–Kier alpha value is -1.55. The van der Waals surface area contributed by atoms with Gasteiger partial charge in [0, 0.05) is 13.0 Å². The van der Waals surface area contributed by atoms with Gasteiger partial charge in [0.05, 0.1) is 12.8 Å². The molecule has 7 nitrogen and oxygen atoms in total. The Morgan fingerprint density at radius 2 is 2.20 bits per heavy atom. The van der Waals surface area contributed by atoms with Crippen molar-refractivity contribution in [3.8, 4) is 0 Å². The van der Waals surface area contributed by atoms with Gasteiger partial charge in [-0.2, -0.15) is 8.42 Å². The summed E-state index contributed by atoms with van der Waals surface area (Å²) in [6, 6.07) is 0. The van der Waals surface area contributed by atoms with Crippen molar-refractivity contribution in [2.45, 2.75) is 18.6 Å². The number of thiazole rings is 1. The lowest BCUT2D eigenvalue weighted by Gasteiger charge is -2.11. The molecule has 0 radical (unpaired) electrons. The first kappa shape index (κ1) is 14.9. The van der Waals surface area contributed by atoms with Crippen LogP contribution >= 0.6 is 11.3 Å². The monoisotopic (exact) mass is 322 g/mol. The van der Waals surface area contributed by atoms with Crippen LogP contribution in [0.15, 0.2) is 0 Å². The maximum atomic E-state index is 12.9. The second-order valence-electron chi connectivity index (χ2n) is 4.21. The summed E-state index contributed by atoms with van der Waals surface area (Å²) in [6.07, 6.45) is -0.426. The number of hydrogen-bond acceptors (Lipinski definition) is 7. The van der Waals surface area contributed by atoms with Crippen LogP contribution in [-0.4, -0.2) is 44.2 Å². The molecule has 110 valence electrons. The van der Waals surface area contributed by atoms with E-state index in [1.54, 1.807) is 6.92 Å². The number of esters is 1. The smallest absolute Gasteiger partial charge is 0.350 e. The summed E-state index contributed by atoms with van der Waals surface area (Å²) in [4.78, 5) is 28.5. The molecule has 2 rings (SSSR count). The van der Waals surface area contributed by atoms with Gasteiger partial charge in [0.2, 0.25) is 5.91 Å². The van der Waals surface area contributed by atoms with Gasteiger partial charge in [-0.3, -0.25) is 9.69 Å². The van der Waals surface area contributed by atoms with Crippen molar-refractivity contribution >= 4 is 38.6 Å². The third-order valence-electron chi connectivity index (χ3n) is 2.87. The number of carbonyl (C=O) groups is 2. The molecule has 2 heterocycles. The first-order valence-corrected chi connectivity index (χ1v) is 7.80. The van der Waals surface area contributed by atoms with E-state index in [0.717, 1.165) is 16.2 Å². The number of rotatable bonds is 3. The number of aryl methyl sites for hydroxylation is 1. The number of ether oxygens (including phenoxy) is 1. The summed E-state index contributed by atoms with van der Waals surface area (Å²) in [7, 11) is -3.56. The summed E-state index contributed by atoms with van der Waals surface area (Å²) in [5, 5.41) is -1.22. The van der Waals surface area contributed by atoms with E-state index in [1.807, 2.05) is 0 Å². The number of aromatic nitrogens is 1. The number of amides is 1. The number of hydrogen-bond donors (Lipinski definition) is 0. The Labute approximate surface area is 118 Å². The lowest BCUT2D eigenvalue weighted by molar-refractivity contribution is -0.117. The highest BCUT2D eigenvalue weighted by Gasteiger charge is 2.40. The van der Waals surface area contributed by atoms with E-state index in [1.165, 1.54) is 7.11 Å². The van der Waals surface area contributed by atoms with E-state index < -0.39 is 33.8 Å². The molecule has 0 saturated carbocycles. The molecular weight excluding hydrogens is 311 g/mol. The Balaban J connectivity index is 2.29. The molecule has 1 aliphatic heterocycles. The summed E-state index contributed by atoms with van der Waals surface area (Å²) in [5.41, 5.74) is 0.371. The lowest BCUT2D eigenvalue weighted by atomic mass is 10.4. The third-order valence-corrected chi connectivity index (χ3v) is 5.15. The topological polar surface area (TPSA) is 93.6 Å². The Bertz CT molecular complexity index is 669. The zero-order valence-corrected chi connectivity index (χ0v) is 12.3. The molecule has 0 aliphatic carbocycles.